The van der Waals surface area contributed by atoms with E-state index in [-0.39, 0.29) is 0 Å². The first-order valence-electron chi connectivity index (χ1n) is 10.4. The molecule has 0 radical (unpaired) electrons. The van der Waals surface area contributed by atoms with E-state index in [2.05, 4.69) is 26.8 Å². The molecular weight excluding hydrogens is 457 g/mol. The van der Waals surface area contributed by atoms with Crippen LogP contribution in [-0.2, 0) is 20.2 Å². The third-order valence-electron chi connectivity index (χ3n) is 5.52. The van der Waals surface area contributed by atoms with E-state index in [9.17, 15) is 0 Å². The first-order chi connectivity index (χ1) is 16.0. The van der Waals surface area contributed by atoms with Crippen molar-refractivity contribution >= 4 is 34.2 Å². The Bertz CT molecular complexity index is 1460. The maximum atomic E-state index is 6.50. The lowest BCUT2D eigenvalue weighted by Gasteiger charge is -2.13. The van der Waals surface area contributed by atoms with E-state index in [1.54, 1.807) is 16.9 Å². The standard InChI is InChI=1S/C25H21Cl2N5O/c1-16-24(4-3-9-28-16)33-15-25-30-22-8-5-17(19-12-29-31(2)13-19)11-23(22)32(25)14-18-10-20(26)6-7-21(18)27/h3-13H,14-15H2,1-2H3. The molecule has 6 nitrogen and oxygen atoms in total. The highest BCUT2D eigenvalue weighted by molar-refractivity contribution is 6.33. The summed E-state index contributed by atoms with van der Waals surface area (Å²) in [5.41, 5.74) is 5.70. The van der Waals surface area contributed by atoms with Crippen LogP contribution in [0, 0.1) is 6.92 Å². The normalized spacial score (nSPS) is 11.3. The molecule has 0 aliphatic rings. The van der Waals surface area contributed by atoms with Crippen LogP contribution in [0.2, 0.25) is 10.0 Å². The van der Waals surface area contributed by atoms with Gasteiger partial charge in [-0.1, -0.05) is 29.3 Å². The Kier molecular flexibility index (Phi) is 5.79. The Morgan fingerprint density at radius 2 is 1.91 bits per heavy atom. The van der Waals surface area contributed by atoms with E-state index in [0.29, 0.717) is 23.2 Å². The summed E-state index contributed by atoms with van der Waals surface area (Å²) in [6, 6.07) is 15.4. The minimum atomic E-state index is 0.293. The third kappa shape index (κ3) is 4.45. The predicted octanol–water partition coefficient (Wildman–Crippen LogP) is 6.07. The van der Waals surface area contributed by atoms with Crippen molar-refractivity contribution in [2.24, 2.45) is 7.05 Å². The minimum Gasteiger partial charge on any atom is -0.484 e. The molecule has 0 bridgehead atoms. The summed E-state index contributed by atoms with van der Waals surface area (Å²) in [7, 11) is 1.91. The van der Waals surface area contributed by atoms with Crippen LogP contribution >= 0.6 is 23.2 Å². The number of ether oxygens (including phenoxy) is 1. The van der Waals surface area contributed by atoms with Crippen LogP contribution in [0.5, 0.6) is 5.75 Å². The zero-order chi connectivity index (χ0) is 22.9. The molecule has 166 valence electrons. The van der Waals surface area contributed by atoms with Crippen molar-refractivity contribution in [2.45, 2.75) is 20.1 Å². The maximum Gasteiger partial charge on any atom is 0.148 e. The van der Waals surface area contributed by atoms with Crippen LogP contribution in [0.15, 0.2) is 67.1 Å². The molecule has 2 aromatic carbocycles. The number of imidazole rings is 1. The number of hydrogen-bond donors (Lipinski definition) is 0. The van der Waals surface area contributed by atoms with Crippen LogP contribution in [0.4, 0.5) is 0 Å². The fraction of sp³-hybridized carbons (Fsp3) is 0.160. The summed E-state index contributed by atoms with van der Waals surface area (Å²) in [5, 5.41) is 5.59. The Balaban J connectivity index is 1.59. The van der Waals surface area contributed by atoms with Crippen molar-refractivity contribution in [3.05, 3.63) is 94.2 Å². The predicted molar refractivity (Wildman–Crippen MR) is 131 cm³/mol. The van der Waals surface area contributed by atoms with Gasteiger partial charge in [-0.3, -0.25) is 9.67 Å². The largest absolute Gasteiger partial charge is 0.484 e. The quantitative estimate of drug-likeness (QED) is 0.297. The molecule has 3 aromatic heterocycles. The van der Waals surface area contributed by atoms with Gasteiger partial charge in [0.25, 0.3) is 0 Å². The molecule has 0 saturated heterocycles. The summed E-state index contributed by atoms with van der Waals surface area (Å²) < 4.78 is 10.00. The monoisotopic (exact) mass is 477 g/mol. The number of benzene rings is 2. The molecule has 0 aliphatic carbocycles. The number of aromatic nitrogens is 5. The Morgan fingerprint density at radius 1 is 1.03 bits per heavy atom. The van der Waals surface area contributed by atoms with E-state index in [1.165, 1.54) is 0 Å². The number of pyridine rings is 1. The molecule has 33 heavy (non-hydrogen) atoms. The van der Waals surface area contributed by atoms with Gasteiger partial charge in [-0.05, 0) is 60.5 Å². The average molecular weight is 478 g/mol. The number of halogens is 2. The van der Waals surface area contributed by atoms with E-state index in [0.717, 1.165) is 45.0 Å². The van der Waals surface area contributed by atoms with Crippen LogP contribution in [0.1, 0.15) is 17.1 Å². The molecule has 0 atom stereocenters. The third-order valence-corrected chi connectivity index (χ3v) is 6.12. The second-order valence-corrected chi connectivity index (χ2v) is 8.68. The van der Waals surface area contributed by atoms with Crippen molar-refractivity contribution in [1.82, 2.24) is 24.3 Å². The maximum absolute atomic E-state index is 6.50. The van der Waals surface area contributed by atoms with Crippen molar-refractivity contribution in [3.63, 3.8) is 0 Å². The van der Waals surface area contributed by atoms with E-state index in [4.69, 9.17) is 32.9 Å². The van der Waals surface area contributed by atoms with Crippen LogP contribution in [0.3, 0.4) is 0 Å². The Labute approximate surface area is 201 Å². The molecule has 0 N–H and O–H groups in total. The van der Waals surface area contributed by atoms with Crippen LogP contribution in [-0.4, -0.2) is 24.3 Å². The smallest absolute Gasteiger partial charge is 0.148 e. The van der Waals surface area contributed by atoms with Crippen LogP contribution in [0.25, 0.3) is 22.2 Å². The molecule has 5 aromatic rings. The van der Waals surface area contributed by atoms with Gasteiger partial charge in [-0.25, -0.2) is 4.98 Å². The molecule has 3 heterocycles. The number of fused-ring (bicyclic) bond motifs is 1. The topological polar surface area (TPSA) is 57.8 Å². The average Bonchev–Trinajstić information content (AvgIpc) is 3.39. The first-order valence-corrected chi connectivity index (χ1v) is 11.2. The van der Waals surface area contributed by atoms with Gasteiger partial charge in [0.1, 0.15) is 18.2 Å². The summed E-state index contributed by atoms with van der Waals surface area (Å²) >= 11 is 12.8. The van der Waals surface area contributed by atoms with Gasteiger partial charge in [-0.15, -0.1) is 0 Å². The van der Waals surface area contributed by atoms with Gasteiger partial charge in [0.05, 0.1) is 29.5 Å². The molecule has 0 aliphatic heterocycles. The molecular formula is C25H21Cl2N5O. The molecule has 0 fully saturated rings. The fourth-order valence-corrected chi connectivity index (χ4v) is 4.18. The molecule has 0 spiro atoms. The molecule has 8 heteroatoms. The Morgan fingerprint density at radius 3 is 2.70 bits per heavy atom. The summed E-state index contributed by atoms with van der Waals surface area (Å²) in [6.07, 6.45) is 5.59. The minimum absolute atomic E-state index is 0.293. The summed E-state index contributed by atoms with van der Waals surface area (Å²) in [4.78, 5) is 9.17. The van der Waals surface area contributed by atoms with Gasteiger partial charge in [0.2, 0.25) is 0 Å². The molecule has 0 amide bonds. The Hall–Kier alpha value is -3.35. The van der Waals surface area contributed by atoms with Crippen LogP contribution < -0.4 is 4.74 Å². The van der Waals surface area contributed by atoms with Crippen molar-refractivity contribution in [2.75, 3.05) is 0 Å². The zero-order valence-corrected chi connectivity index (χ0v) is 19.7. The number of hydrogen-bond acceptors (Lipinski definition) is 4. The summed E-state index contributed by atoms with van der Waals surface area (Å²) in [6.45, 7) is 2.73. The van der Waals surface area contributed by atoms with Gasteiger partial charge < -0.3 is 9.30 Å². The van der Waals surface area contributed by atoms with Gasteiger partial charge >= 0.3 is 0 Å². The van der Waals surface area contributed by atoms with E-state index in [1.807, 2.05) is 56.7 Å². The fourth-order valence-electron chi connectivity index (χ4n) is 3.81. The highest BCUT2D eigenvalue weighted by Gasteiger charge is 2.15. The molecule has 5 rings (SSSR count). The second kappa shape index (κ2) is 8.89. The van der Waals surface area contributed by atoms with Gasteiger partial charge in [0, 0.05) is 35.1 Å². The second-order valence-electron chi connectivity index (χ2n) is 7.83. The van der Waals surface area contributed by atoms with Crippen molar-refractivity contribution in [1.29, 1.82) is 0 Å². The lowest BCUT2D eigenvalue weighted by molar-refractivity contribution is 0.288. The number of nitrogens with zero attached hydrogens (tertiary/aromatic N) is 5. The lowest BCUT2D eigenvalue weighted by Crippen LogP contribution is -2.09. The SMILES string of the molecule is Cc1ncccc1OCc1nc2ccc(-c3cnn(C)c3)cc2n1Cc1cc(Cl)ccc1Cl. The molecule has 0 saturated carbocycles. The highest BCUT2D eigenvalue weighted by Crippen LogP contribution is 2.28. The highest BCUT2D eigenvalue weighted by atomic mass is 35.5. The molecule has 0 unspecified atom stereocenters. The zero-order valence-electron chi connectivity index (χ0n) is 18.2. The first kappa shape index (κ1) is 21.5. The lowest BCUT2D eigenvalue weighted by atomic mass is 10.1. The number of aryl methyl sites for hydroxylation is 2. The van der Waals surface area contributed by atoms with Gasteiger partial charge in [0.15, 0.2) is 0 Å². The van der Waals surface area contributed by atoms with Crippen molar-refractivity contribution in [3.8, 4) is 16.9 Å². The summed E-state index contributed by atoms with van der Waals surface area (Å²) in [5.74, 6) is 1.51. The van der Waals surface area contributed by atoms with E-state index < -0.39 is 0 Å². The van der Waals surface area contributed by atoms with Crippen molar-refractivity contribution < 1.29 is 4.74 Å². The van der Waals surface area contributed by atoms with Gasteiger partial charge in [-0.2, -0.15) is 5.10 Å². The number of rotatable bonds is 6. The van der Waals surface area contributed by atoms with E-state index >= 15 is 0 Å².